The molecule has 1 rings (SSSR count). The molecule has 0 aliphatic carbocycles. The number of halogens is 1. The van der Waals surface area contributed by atoms with Crippen LogP contribution >= 0.6 is 0 Å². The van der Waals surface area contributed by atoms with E-state index in [1.807, 2.05) is 6.07 Å². The molecule has 1 unspecified atom stereocenters. The van der Waals surface area contributed by atoms with Gasteiger partial charge in [0.25, 0.3) is 0 Å². The largest absolute Gasteiger partial charge is 0.396 e. The fourth-order valence-corrected chi connectivity index (χ4v) is 2.18. The summed E-state index contributed by atoms with van der Waals surface area (Å²) in [6, 6.07) is 6.31. The summed E-state index contributed by atoms with van der Waals surface area (Å²) in [7, 11) is 0. The third kappa shape index (κ3) is 5.82. The van der Waals surface area contributed by atoms with Crippen LogP contribution in [0, 0.1) is 23.1 Å². The summed E-state index contributed by atoms with van der Waals surface area (Å²) < 4.78 is 13.2. The van der Waals surface area contributed by atoms with Crippen LogP contribution in [0.25, 0.3) is 0 Å². The lowest BCUT2D eigenvalue weighted by molar-refractivity contribution is 0.248. The van der Waals surface area contributed by atoms with Crippen molar-refractivity contribution in [3.8, 4) is 6.07 Å². The van der Waals surface area contributed by atoms with E-state index in [0.717, 1.165) is 31.4 Å². The Hall–Kier alpha value is -1.44. The zero-order valence-corrected chi connectivity index (χ0v) is 11.3. The quantitative estimate of drug-likeness (QED) is 0.758. The van der Waals surface area contributed by atoms with Crippen LogP contribution in [0.3, 0.4) is 0 Å². The van der Waals surface area contributed by atoms with Gasteiger partial charge in [-0.2, -0.15) is 5.26 Å². The van der Waals surface area contributed by atoms with Gasteiger partial charge in [0.2, 0.25) is 0 Å². The van der Waals surface area contributed by atoms with Crippen molar-refractivity contribution in [2.24, 2.45) is 5.92 Å². The molecule has 0 radical (unpaired) electrons. The zero-order chi connectivity index (χ0) is 14.1. The van der Waals surface area contributed by atoms with Crippen LogP contribution in [0.1, 0.15) is 37.3 Å². The molecule has 0 fully saturated rings. The van der Waals surface area contributed by atoms with E-state index >= 15 is 0 Å². The van der Waals surface area contributed by atoms with Gasteiger partial charge in [0.1, 0.15) is 5.82 Å². The van der Waals surface area contributed by atoms with Crippen molar-refractivity contribution >= 4 is 0 Å². The Bertz CT molecular complexity index is 423. The Morgan fingerprint density at radius 2 is 2.16 bits per heavy atom. The van der Waals surface area contributed by atoms with E-state index in [1.54, 1.807) is 6.07 Å². The highest BCUT2D eigenvalue weighted by molar-refractivity contribution is 5.33. The molecule has 0 bridgehead atoms. The number of nitrogens with zero attached hydrogens (tertiary/aromatic N) is 1. The van der Waals surface area contributed by atoms with Crippen LogP contribution in [0.15, 0.2) is 18.2 Å². The SMILES string of the molecule is CCCC(CCO)CNCc1cc(F)cc(C#N)c1. The molecule has 0 amide bonds. The smallest absolute Gasteiger partial charge is 0.124 e. The Morgan fingerprint density at radius 1 is 1.37 bits per heavy atom. The van der Waals surface area contributed by atoms with Crippen LogP contribution in [0.4, 0.5) is 4.39 Å². The van der Waals surface area contributed by atoms with Crippen molar-refractivity contribution in [1.82, 2.24) is 5.32 Å². The van der Waals surface area contributed by atoms with Gasteiger partial charge in [0.05, 0.1) is 11.6 Å². The molecule has 0 aliphatic rings. The van der Waals surface area contributed by atoms with Gasteiger partial charge in [-0.25, -0.2) is 4.39 Å². The summed E-state index contributed by atoms with van der Waals surface area (Å²) >= 11 is 0. The van der Waals surface area contributed by atoms with E-state index in [-0.39, 0.29) is 12.4 Å². The predicted octanol–water partition coefficient (Wildman–Crippen LogP) is 2.59. The van der Waals surface area contributed by atoms with Crippen molar-refractivity contribution in [1.29, 1.82) is 5.26 Å². The molecule has 3 nitrogen and oxygen atoms in total. The monoisotopic (exact) mass is 264 g/mol. The van der Waals surface area contributed by atoms with E-state index in [4.69, 9.17) is 10.4 Å². The molecular weight excluding hydrogens is 243 g/mol. The first-order valence-electron chi connectivity index (χ1n) is 6.70. The number of nitrogens with one attached hydrogen (secondary N) is 1. The van der Waals surface area contributed by atoms with E-state index in [1.165, 1.54) is 12.1 Å². The third-order valence-electron chi connectivity index (χ3n) is 3.08. The van der Waals surface area contributed by atoms with Crippen molar-refractivity contribution in [3.63, 3.8) is 0 Å². The molecule has 0 aromatic heterocycles. The zero-order valence-electron chi connectivity index (χ0n) is 11.3. The molecule has 0 aliphatic heterocycles. The number of hydrogen-bond acceptors (Lipinski definition) is 3. The van der Waals surface area contributed by atoms with Crippen LogP contribution in [0.2, 0.25) is 0 Å². The normalized spacial score (nSPS) is 12.1. The average molecular weight is 264 g/mol. The lowest BCUT2D eigenvalue weighted by Crippen LogP contribution is -2.23. The molecule has 104 valence electrons. The Kier molecular flexibility index (Phi) is 7.09. The summed E-state index contributed by atoms with van der Waals surface area (Å²) in [4.78, 5) is 0. The minimum atomic E-state index is -0.378. The molecule has 1 aromatic carbocycles. The molecule has 1 atom stereocenters. The molecule has 0 spiro atoms. The first kappa shape index (κ1) is 15.6. The predicted molar refractivity (Wildman–Crippen MR) is 72.9 cm³/mol. The Labute approximate surface area is 114 Å². The van der Waals surface area contributed by atoms with Crippen molar-refractivity contribution < 1.29 is 9.50 Å². The van der Waals surface area contributed by atoms with Crippen molar-refractivity contribution in [2.45, 2.75) is 32.7 Å². The van der Waals surface area contributed by atoms with Gasteiger partial charge < -0.3 is 10.4 Å². The van der Waals surface area contributed by atoms with E-state index in [0.29, 0.717) is 18.0 Å². The number of aliphatic hydroxyl groups excluding tert-OH is 1. The molecule has 4 heteroatoms. The van der Waals surface area contributed by atoms with Crippen molar-refractivity contribution in [3.05, 3.63) is 35.1 Å². The highest BCUT2D eigenvalue weighted by atomic mass is 19.1. The molecule has 1 aromatic rings. The van der Waals surface area contributed by atoms with Crippen LogP contribution < -0.4 is 5.32 Å². The summed E-state index contributed by atoms with van der Waals surface area (Å²) in [5.74, 6) is 0.0651. The first-order chi connectivity index (χ1) is 9.19. The topological polar surface area (TPSA) is 56.0 Å². The second kappa shape index (κ2) is 8.63. The first-order valence-corrected chi connectivity index (χ1v) is 6.70. The third-order valence-corrected chi connectivity index (χ3v) is 3.08. The minimum Gasteiger partial charge on any atom is -0.396 e. The van der Waals surface area contributed by atoms with E-state index < -0.39 is 0 Å². The lowest BCUT2D eigenvalue weighted by Gasteiger charge is -2.15. The van der Waals surface area contributed by atoms with Gasteiger partial charge in [-0.15, -0.1) is 0 Å². The second-order valence-corrected chi connectivity index (χ2v) is 4.76. The highest BCUT2D eigenvalue weighted by Gasteiger charge is 2.07. The molecule has 2 N–H and O–H groups in total. The summed E-state index contributed by atoms with van der Waals surface area (Å²) in [6.07, 6.45) is 2.94. The molecule has 19 heavy (non-hydrogen) atoms. The summed E-state index contributed by atoms with van der Waals surface area (Å²) in [5, 5.41) is 21.0. The highest BCUT2D eigenvalue weighted by Crippen LogP contribution is 2.11. The summed E-state index contributed by atoms with van der Waals surface area (Å²) in [6.45, 7) is 3.66. The summed E-state index contributed by atoms with van der Waals surface area (Å²) in [5.41, 5.74) is 1.12. The van der Waals surface area contributed by atoms with Crippen LogP contribution in [-0.2, 0) is 6.54 Å². The Morgan fingerprint density at radius 3 is 2.79 bits per heavy atom. The number of hydrogen-bond donors (Lipinski definition) is 2. The Balaban J connectivity index is 2.47. The maximum absolute atomic E-state index is 13.2. The fraction of sp³-hybridized carbons (Fsp3) is 0.533. The lowest BCUT2D eigenvalue weighted by atomic mass is 10.00. The molecule has 0 saturated heterocycles. The van der Waals surface area contributed by atoms with Crippen molar-refractivity contribution in [2.75, 3.05) is 13.2 Å². The van der Waals surface area contributed by atoms with Crippen LogP contribution in [0.5, 0.6) is 0 Å². The number of benzene rings is 1. The maximum atomic E-state index is 13.2. The molecule has 0 heterocycles. The van der Waals surface area contributed by atoms with E-state index in [2.05, 4.69) is 12.2 Å². The van der Waals surface area contributed by atoms with Gasteiger partial charge in [-0.1, -0.05) is 13.3 Å². The number of aliphatic hydroxyl groups is 1. The van der Waals surface area contributed by atoms with Gasteiger partial charge >= 0.3 is 0 Å². The fourth-order valence-electron chi connectivity index (χ4n) is 2.18. The average Bonchev–Trinajstić information content (AvgIpc) is 2.38. The molecule has 0 saturated carbocycles. The van der Waals surface area contributed by atoms with Crippen LogP contribution in [-0.4, -0.2) is 18.3 Å². The van der Waals surface area contributed by atoms with Gasteiger partial charge in [-0.3, -0.25) is 0 Å². The number of rotatable bonds is 8. The standard InChI is InChI=1S/C15H21FN2O/c1-2-3-12(4-5-19)10-18-11-14-6-13(9-17)7-15(16)8-14/h6-8,12,18-19H,2-5,10-11H2,1H3. The minimum absolute atomic E-state index is 0.199. The number of nitriles is 1. The second-order valence-electron chi connectivity index (χ2n) is 4.76. The molecular formula is C15H21FN2O. The van der Waals surface area contributed by atoms with E-state index in [9.17, 15) is 4.39 Å². The van der Waals surface area contributed by atoms with Gasteiger partial charge in [-0.05, 0) is 49.1 Å². The maximum Gasteiger partial charge on any atom is 0.124 e. The van der Waals surface area contributed by atoms with Gasteiger partial charge in [0, 0.05) is 13.2 Å². The van der Waals surface area contributed by atoms with Gasteiger partial charge in [0.15, 0.2) is 0 Å².